The summed E-state index contributed by atoms with van der Waals surface area (Å²) in [6, 6.07) is 13.1. The molecule has 0 heterocycles. The second-order valence-electron chi connectivity index (χ2n) is 4.84. The van der Waals surface area contributed by atoms with Crippen LogP contribution in [-0.4, -0.2) is 26.7 Å². The largest absolute Gasteiger partial charge is 0.497 e. The number of halogens is 2. The molecule has 3 N–H and O–H groups in total. The predicted octanol–water partition coefficient (Wildman–Crippen LogP) is 3.94. The van der Waals surface area contributed by atoms with E-state index in [9.17, 15) is 0 Å². The van der Waals surface area contributed by atoms with Gasteiger partial charge >= 0.3 is 0 Å². The van der Waals surface area contributed by atoms with Crippen LogP contribution in [0.1, 0.15) is 5.56 Å². The molecule has 2 aromatic carbocycles. The van der Waals surface area contributed by atoms with Gasteiger partial charge in [-0.1, -0.05) is 23.7 Å². The monoisotopic (exact) mass is 461 g/mol. The first-order valence-corrected chi connectivity index (χ1v) is 7.53. The molecule has 0 aliphatic carbocycles. The molecule has 0 atom stereocenters. The number of rotatable bonds is 6. The van der Waals surface area contributed by atoms with Crippen molar-refractivity contribution in [1.82, 2.24) is 0 Å². The van der Waals surface area contributed by atoms with Gasteiger partial charge in [0, 0.05) is 17.6 Å². The summed E-state index contributed by atoms with van der Waals surface area (Å²) in [5, 5.41) is 3.75. The molecule has 0 aliphatic heterocycles. The van der Waals surface area contributed by atoms with E-state index in [2.05, 4.69) is 10.3 Å². The minimum absolute atomic E-state index is 0. The first-order chi connectivity index (χ1) is 11.1. The number of hydrogen-bond donors (Lipinski definition) is 2. The predicted molar refractivity (Wildman–Crippen MR) is 110 cm³/mol. The number of hydrogen-bond acceptors (Lipinski definition) is 3. The SMILES string of the molecule is COc1ccc(OC)c(NC(N)=NCCc2cccc(Cl)c2)c1.I. The molecule has 0 spiro atoms. The van der Waals surface area contributed by atoms with Crippen molar-refractivity contribution in [3.05, 3.63) is 53.1 Å². The van der Waals surface area contributed by atoms with E-state index in [4.69, 9.17) is 26.8 Å². The van der Waals surface area contributed by atoms with Gasteiger partial charge in [-0.25, -0.2) is 0 Å². The molecule has 0 amide bonds. The third-order valence-corrected chi connectivity index (χ3v) is 3.48. The van der Waals surface area contributed by atoms with Crippen LogP contribution in [0.4, 0.5) is 5.69 Å². The molecule has 0 aromatic heterocycles. The lowest BCUT2D eigenvalue weighted by molar-refractivity contribution is 0.405. The Morgan fingerprint density at radius 1 is 1.17 bits per heavy atom. The van der Waals surface area contributed by atoms with E-state index in [-0.39, 0.29) is 24.0 Å². The Kier molecular flexibility index (Phi) is 8.70. The van der Waals surface area contributed by atoms with E-state index in [1.54, 1.807) is 26.4 Å². The van der Waals surface area contributed by atoms with Crippen molar-refractivity contribution in [3.8, 4) is 11.5 Å². The zero-order chi connectivity index (χ0) is 16.7. The van der Waals surface area contributed by atoms with Crippen molar-refractivity contribution in [2.45, 2.75) is 6.42 Å². The number of methoxy groups -OCH3 is 2. The van der Waals surface area contributed by atoms with Crippen LogP contribution in [0.5, 0.6) is 11.5 Å². The quantitative estimate of drug-likeness (QED) is 0.388. The summed E-state index contributed by atoms with van der Waals surface area (Å²) in [4.78, 5) is 4.32. The fourth-order valence-corrected chi connectivity index (χ4v) is 2.30. The third kappa shape index (κ3) is 6.09. The Morgan fingerprint density at radius 2 is 1.96 bits per heavy atom. The molecule has 0 unspecified atom stereocenters. The van der Waals surface area contributed by atoms with E-state index in [1.165, 1.54) is 0 Å². The highest BCUT2D eigenvalue weighted by Gasteiger charge is 2.06. The Hall–Kier alpha value is -1.67. The van der Waals surface area contributed by atoms with Gasteiger partial charge in [-0.2, -0.15) is 0 Å². The molecule has 0 bridgehead atoms. The minimum atomic E-state index is 0. The zero-order valence-electron chi connectivity index (χ0n) is 13.6. The molecule has 2 aromatic rings. The van der Waals surface area contributed by atoms with E-state index >= 15 is 0 Å². The maximum atomic E-state index is 5.96. The smallest absolute Gasteiger partial charge is 0.193 e. The first-order valence-electron chi connectivity index (χ1n) is 7.16. The average molecular weight is 462 g/mol. The molecule has 0 aliphatic rings. The number of nitrogens with one attached hydrogen (secondary N) is 1. The second kappa shape index (κ2) is 10.2. The second-order valence-corrected chi connectivity index (χ2v) is 5.27. The van der Waals surface area contributed by atoms with Crippen molar-refractivity contribution >= 4 is 47.2 Å². The van der Waals surface area contributed by atoms with Gasteiger partial charge in [0.15, 0.2) is 5.96 Å². The van der Waals surface area contributed by atoms with E-state index < -0.39 is 0 Å². The Bertz CT molecular complexity index is 695. The first kappa shape index (κ1) is 20.4. The number of benzene rings is 2. The molecule has 0 saturated heterocycles. The molecule has 0 saturated carbocycles. The number of ether oxygens (including phenoxy) is 2. The van der Waals surface area contributed by atoms with Crippen LogP contribution in [-0.2, 0) is 6.42 Å². The van der Waals surface area contributed by atoms with Crippen LogP contribution in [0.15, 0.2) is 47.5 Å². The number of aliphatic imine (C=N–C) groups is 1. The third-order valence-electron chi connectivity index (χ3n) is 3.24. The molecule has 130 valence electrons. The van der Waals surface area contributed by atoms with Crippen molar-refractivity contribution in [1.29, 1.82) is 0 Å². The topological polar surface area (TPSA) is 68.9 Å². The van der Waals surface area contributed by atoms with Crippen LogP contribution in [0, 0.1) is 0 Å². The molecule has 2 rings (SSSR count). The highest BCUT2D eigenvalue weighted by Crippen LogP contribution is 2.28. The summed E-state index contributed by atoms with van der Waals surface area (Å²) in [5.41, 5.74) is 7.75. The van der Waals surface area contributed by atoms with Crippen LogP contribution in [0.25, 0.3) is 0 Å². The Morgan fingerprint density at radius 3 is 2.62 bits per heavy atom. The average Bonchev–Trinajstić information content (AvgIpc) is 2.55. The molecule has 5 nitrogen and oxygen atoms in total. The number of anilines is 1. The highest BCUT2D eigenvalue weighted by atomic mass is 127. The summed E-state index contributed by atoms with van der Waals surface area (Å²) >= 11 is 5.96. The standard InChI is InChI=1S/C17H20ClN3O2.HI/c1-22-14-6-7-16(23-2)15(11-14)21-17(19)20-9-8-12-4-3-5-13(18)10-12;/h3-7,10-11H,8-9H2,1-2H3,(H3,19,20,21);1H. The Labute approximate surface area is 164 Å². The summed E-state index contributed by atoms with van der Waals surface area (Å²) in [7, 11) is 3.20. The van der Waals surface area contributed by atoms with Crippen LogP contribution >= 0.6 is 35.6 Å². The molecular formula is C17H21ClIN3O2. The lowest BCUT2D eigenvalue weighted by Crippen LogP contribution is -2.23. The summed E-state index contributed by atoms with van der Waals surface area (Å²) in [5.74, 6) is 1.69. The minimum Gasteiger partial charge on any atom is -0.497 e. The van der Waals surface area contributed by atoms with Crippen molar-refractivity contribution in [2.24, 2.45) is 10.7 Å². The molecule has 24 heavy (non-hydrogen) atoms. The highest BCUT2D eigenvalue weighted by molar-refractivity contribution is 14.0. The van der Waals surface area contributed by atoms with Crippen molar-refractivity contribution in [3.63, 3.8) is 0 Å². The number of guanidine groups is 1. The van der Waals surface area contributed by atoms with Gasteiger partial charge in [0.05, 0.1) is 19.9 Å². The molecule has 7 heteroatoms. The van der Waals surface area contributed by atoms with Gasteiger partial charge in [-0.3, -0.25) is 4.99 Å². The molecule has 0 fully saturated rings. The van der Waals surface area contributed by atoms with Crippen LogP contribution in [0.2, 0.25) is 5.02 Å². The van der Waals surface area contributed by atoms with Gasteiger partial charge in [0.2, 0.25) is 0 Å². The van der Waals surface area contributed by atoms with E-state index in [0.717, 1.165) is 17.0 Å². The summed E-state index contributed by atoms with van der Waals surface area (Å²) < 4.78 is 10.5. The lowest BCUT2D eigenvalue weighted by atomic mass is 10.1. The van der Waals surface area contributed by atoms with Gasteiger partial charge in [-0.05, 0) is 36.2 Å². The van der Waals surface area contributed by atoms with Crippen molar-refractivity contribution in [2.75, 3.05) is 26.1 Å². The van der Waals surface area contributed by atoms with Gasteiger partial charge in [0.25, 0.3) is 0 Å². The lowest BCUT2D eigenvalue weighted by Gasteiger charge is -2.12. The fourth-order valence-electron chi connectivity index (χ4n) is 2.09. The van der Waals surface area contributed by atoms with E-state index in [1.807, 2.05) is 30.3 Å². The fraction of sp³-hybridized carbons (Fsp3) is 0.235. The number of nitrogens with zero attached hydrogens (tertiary/aromatic N) is 1. The Balaban J connectivity index is 0.00000288. The zero-order valence-corrected chi connectivity index (χ0v) is 16.7. The van der Waals surface area contributed by atoms with E-state index in [0.29, 0.717) is 29.7 Å². The van der Waals surface area contributed by atoms with Crippen LogP contribution in [0.3, 0.4) is 0 Å². The maximum absolute atomic E-state index is 5.96. The van der Waals surface area contributed by atoms with Crippen LogP contribution < -0.4 is 20.5 Å². The van der Waals surface area contributed by atoms with Gasteiger partial charge < -0.3 is 20.5 Å². The number of nitrogens with two attached hydrogens (primary N) is 1. The maximum Gasteiger partial charge on any atom is 0.193 e. The van der Waals surface area contributed by atoms with Gasteiger partial charge in [0.1, 0.15) is 11.5 Å². The summed E-state index contributed by atoms with van der Waals surface area (Å²) in [6.45, 7) is 0.561. The molecule has 0 radical (unpaired) electrons. The van der Waals surface area contributed by atoms with Gasteiger partial charge in [-0.15, -0.1) is 24.0 Å². The normalized spacial score (nSPS) is 10.7. The molecular weight excluding hydrogens is 441 g/mol. The summed E-state index contributed by atoms with van der Waals surface area (Å²) in [6.07, 6.45) is 0.762. The van der Waals surface area contributed by atoms with Crippen molar-refractivity contribution < 1.29 is 9.47 Å².